The van der Waals surface area contributed by atoms with Crippen LogP contribution in [0.15, 0.2) is 24.3 Å². The molecule has 1 saturated heterocycles. The Balaban J connectivity index is 1.47. The van der Waals surface area contributed by atoms with Gasteiger partial charge < -0.3 is 15.0 Å². The predicted octanol–water partition coefficient (Wildman–Crippen LogP) is 4.77. The number of rotatable bonds is 7. The molecule has 2 amide bonds. The summed E-state index contributed by atoms with van der Waals surface area (Å²) in [4.78, 5) is 31.5. The maximum atomic E-state index is 13.7. The minimum atomic E-state index is -0.0982. The van der Waals surface area contributed by atoms with E-state index in [4.69, 9.17) is 4.74 Å². The summed E-state index contributed by atoms with van der Waals surface area (Å²) in [5.41, 5.74) is 1.11. The molecule has 0 radical (unpaired) electrons. The molecule has 0 spiro atoms. The highest BCUT2D eigenvalue weighted by Gasteiger charge is 2.38. The monoisotopic (exact) mass is 469 g/mol. The average molecular weight is 470 g/mol. The van der Waals surface area contributed by atoms with Gasteiger partial charge in [-0.05, 0) is 51.2 Å². The Morgan fingerprint density at radius 3 is 2.18 bits per heavy atom. The van der Waals surface area contributed by atoms with Gasteiger partial charge in [0.05, 0.1) is 12.8 Å². The van der Waals surface area contributed by atoms with Gasteiger partial charge in [0.2, 0.25) is 11.8 Å². The van der Waals surface area contributed by atoms with Gasteiger partial charge in [0, 0.05) is 43.6 Å². The minimum Gasteiger partial charge on any atom is -0.495 e. The molecular formula is C28H43N3O3. The van der Waals surface area contributed by atoms with Crippen molar-refractivity contribution in [1.29, 1.82) is 0 Å². The lowest BCUT2D eigenvalue weighted by atomic mass is 9.85. The van der Waals surface area contributed by atoms with Crippen LogP contribution in [0.5, 0.6) is 5.75 Å². The van der Waals surface area contributed by atoms with Gasteiger partial charge >= 0.3 is 0 Å². The van der Waals surface area contributed by atoms with Crippen LogP contribution in [0.4, 0.5) is 5.69 Å². The molecule has 6 nitrogen and oxygen atoms in total. The van der Waals surface area contributed by atoms with Crippen LogP contribution in [0.2, 0.25) is 0 Å². The highest BCUT2D eigenvalue weighted by atomic mass is 16.5. The predicted molar refractivity (Wildman–Crippen MR) is 136 cm³/mol. The zero-order valence-electron chi connectivity index (χ0n) is 21.1. The van der Waals surface area contributed by atoms with Crippen LogP contribution in [0.25, 0.3) is 0 Å². The van der Waals surface area contributed by atoms with Crippen molar-refractivity contribution >= 4 is 17.5 Å². The second kappa shape index (κ2) is 12.1. The standard InChI is InChI=1S/C28H43N3O3/c1-21(19-24-20-30(18-17-29-24)25-15-9-10-16-26(25)34-2)31(27(32)22-11-5-3-6-12-22)28(33)23-13-7-4-8-14-23/h9-10,15-16,21-24,29H,3-8,11-14,17-20H2,1-2H3/t21-,24?/m1/s1. The van der Waals surface area contributed by atoms with Crippen LogP contribution < -0.4 is 15.0 Å². The molecule has 1 aromatic rings. The fraction of sp³-hybridized carbons (Fsp3) is 0.714. The second-order valence-electron chi connectivity index (χ2n) is 10.6. The van der Waals surface area contributed by atoms with Crippen molar-refractivity contribution in [2.24, 2.45) is 11.8 Å². The third-order valence-corrected chi connectivity index (χ3v) is 8.13. The van der Waals surface area contributed by atoms with Crippen molar-refractivity contribution in [1.82, 2.24) is 10.2 Å². The molecular weight excluding hydrogens is 426 g/mol. The fourth-order valence-electron chi connectivity index (χ4n) is 6.25. The Labute approximate surface area is 205 Å². The highest BCUT2D eigenvalue weighted by molar-refractivity contribution is 5.97. The first-order valence-electron chi connectivity index (χ1n) is 13.6. The van der Waals surface area contributed by atoms with Crippen molar-refractivity contribution in [3.05, 3.63) is 24.3 Å². The van der Waals surface area contributed by atoms with Crippen molar-refractivity contribution in [2.45, 2.75) is 89.6 Å². The second-order valence-corrected chi connectivity index (χ2v) is 10.6. The molecule has 2 saturated carbocycles. The number of hydrogen-bond acceptors (Lipinski definition) is 5. The Morgan fingerprint density at radius 1 is 1.00 bits per heavy atom. The molecule has 2 aliphatic carbocycles. The summed E-state index contributed by atoms with van der Waals surface area (Å²) in [5.74, 6) is 1.12. The number of nitrogens with one attached hydrogen (secondary N) is 1. The quantitative estimate of drug-likeness (QED) is 0.583. The Kier molecular flexibility index (Phi) is 8.87. The van der Waals surface area contributed by atoms with Gasteiger partial charge in [0.25, 0.3) is 0 Å². The normalized spacial score (nSPS) is 23.4. The zero-order valence-corrected chi connectivity index (χ0v) is 21.1. The molecule has 3 aliphatic rings. The minimum absolute atomic E-state index is 0.0214. The van der Waals surface area contributed by atoms with Gasteiger partial charge in [-0.25, -0.2) is 0 Å². The molecule has 3 fully saturated rings. The number of piperazine rings is 1. The van der Waals surface area contributed by atoms with Gasteiger partial charge in [0.15, 0.2) is 0 Å². The summed E-state index contributed by atoms with van der Waals surface area (Å²) in [6, 6.07) is 8.27. The number of para-hydroxylation sites is 2. The molecule has 6 heteroatoms. The summed E-state index contributed by atoms with van der Waals surface area (Å²) in [6.45, 7) is 4.72. The van der Waals surface area contributed by atoms with Crippen LogP contribution in [-0.4, -0.2) is 55.5 Å². The van der Waals surface area contributed by atoms with Crippen LogP contribution >= 0.6 is 0 Å². The third-order valence-electron chi connectivity index (χ3n) is 8.13. The Morgan fingerprint density at radius 2 is 1.59 bits per heavy atom. The number of anilines is 1. The van der Waals surface area contributed by atoms with E-state index in [0.717, 1.165) is 88.9 Å². The van der Waals surface area contributed by atoms with E-state index >= 15 is 0 Å². The van der Waals surface area contributed by atoms with E-state index in [1.54, 1.807) is 12.0 Å². The van der Waals surface area contributed by atoms with Crippen molar-refractivity contribution in [3.63, 3.8) is 0 Å². The number of carbonyl (C=O) groups is 2. The molecule has 0 bridgehead atoms. The topological polar surface area (TPSA) is 61.9 Å². The molecule has 1 unspecified atom stereocenters. The lowest BCUT2D eigenvalue weighted by Gasteiger charge is -2.40. The Hall–Kier alpha value is -2.08. The molecule has 188 valence electrons. The van der Waals surface area contributed by atoms with E-state index in [2.05, 4.69) is 23.2 Å². The summed E-state index contributed by atoms with van der Waals surface area (Å²) in [6.07, 6.45) is 11.4. The molecule has 1 aromatic carbocycles. The van der Waals surface area contributed by atoms with Crippen LogP contribution in [-0.2, 0) is 9.59 Å². The number of ether oxygens (including phenoxy) is 1. The number of methoxy groups -OCH3 is 1. The number of nitrogens with zero attached hydrogens (tertiary/aromatic N) is 2. The largest absolute Gasteiger partial charge is 0.495 e. The first kappa shape index (κ1) is 25.0. The summed E-state index contributed by atoms with van der Waals surface area (Å²) < 4.78 is 5.59. The maximum Gasteiger partial charge on any atom is 0.232 e. The van der Waals surface area contributed by atoms with Gasteiger partial charge in [-0.2, -0.15) is 0 Å². The molecule has 1 heterocycles. The molecule has 1 aliphatic heterocycles. The van der Waals surface area contributed by atoms with Gasteiger partial charge in [-0.15, -0.1) is 0 Å². The molecule has 4 rings (SSSR count). The smallest absolute Gasteiger partial charge is 0.232 e. The number of imide groups is 1. The zero-order chi connectivity index (χ0) is 23.9. The van der Waals surface area contributed by atoms with E-state index in [9.17, 15) is 9.59 Å². The molecule has 0 aromatic heterocycles. The van der Waals surface area contributed by atoms with Crippen LogP contribution in [0, 0.1) is 11.8 Å². The van der Waals surface area contributed by atoms with E-state index in [-0.39, 0.29) is 35.7 Å². The van der Waals surface area contributed by atoms with E-state index < -0.39 is 0 Å². The maximum absolute atomic E-state index is 13.7. The average Bonchev–Trinajstić information content (AvgIpc) is 2.89. The summed E-state index contributed by atoms with van der Waals surface area (Å²) in [7, 11) is 1.71. The number of amides is 2. The number of benzene rings is 1. The van der Waals surface area contributed by atoms with Crippen LogP contribution in [0.3, 0.4) is 0 Å². The fourth-order valence-corrected chi connectivity index (χ4v) is 6.25. The highest BCUT2D eigenvalue weighted by Crippen LogP contribution is 2.32. The first-order chi connectivity index (χ1) is 16.6. The first-order valence-corrected chi connectivity index (χ1v) is 13.6. The van der Waals surface area contributed by atoms with Crippen molar-refractivity contribution in [2.75, 3.05) is 31.6 Å². The van der Waals surface area contributed by atoms with E-state index in [0.29, 0.717) is 0 Å². The van der Waals surface area contributed by atoms with Gasteiger partial charge in [0.1, 0.15) is 5.75 Å². The number of hydrogen-bond donors (Lipinski definition) is 1. The van der Waals surface area contributed by atoms with Gasteiger partial charge in [-0.1, -0.05) is 50.7 Å². The lowest BCUT2D eigenvalue weighted by molar-refractivity contribution is -0.154. The summed E-state index contributed by atoms with van der Waals surface area (Å²) >= 11 is 0. The van der Waals surface area contributed by atoms with E-state index in [1.807, 2.05) is 18.2 Å². The number of carbonyl (C=O) groups excluding carboxylic acids is 2. The summed E-state index contributed by atoms with van der Waals surface area (Å²) in [5, 5.41) is 3.65. The lowest BCUT2D eigenvalue weighted by Crippen LogP contribution is -2.55. The molecule has 2 atom stereocenters. The Bertz CT molecular complexity index is 787. The molecule has 1 N–H and O–H groups in total. The van der Waals surface area contributed by atoms with Crippen LogP contribution in [0.1, 0.15) is 77.6 Å². The van der Waals surface area contributed by atoms with E-state index in [1.165, 1.54) is 12.8 Å². The molecule has 34 heavy (non-hydrogen) atoms. The van der Waals surface area contributed by atoms with Crippen molar-refractivity contribution < 1.29 is 14.3 Å². The van der Waals surface area contributed by atoms with Crippen molar-refractivity contribution in [3.8, 4) is 5.75 Å². The third kappa shape index (κ3) is 5.94. The SMILES string of the molecule is COc1ccccc1N1CCNC(C[C@@H](C)N(C(=O)C2CCCCC2)C(=O)C2CCCCC2)C1. The van der Waals surface area contributed by atoms with Gasteiger partial charge in [-0.3, -0.25) is 14.5 Å².